The number of nitrogens with two attached hydrogens (primary N) is 4. The van der Waals surface area contributed by atoms with Crippen molar-refractivity contribution >= 4 is 29.1 Å². The quantitative estimate of drug-likeness (QED) is 0.443. The van der Waals surface area contributed by atoms with Crippen LogP contribution < -0.4 is 27.8 Å². The number of hydrogen-bond donors (Lipinski definition) is 4. The molecule has 0 saturated heterocycles. The van der Waals surface area contributed by atoms with Crippen molar-refractivity contribution in [3.8, 4) is 0 Å². The highest BCUT2D eigenvalue weighted by Gasteiger charge is 2.16. The van der Waals surface area contributed by atoms with E-state index in [1.165, 1.54) is 23.1 Å². The van der Waals surface area contributed by atoms with Gasteiger partial charge in [0.1, 0.15) is 0 Å². The number of rotatable bonds is 6. The van der Waals surface area contributed by atoms with Gasteiger partial charge in [-0.3, -0.25) is 14.4 Å². The van der Waals surface area contributed by atoms with Crippen LogP contribution in [0.2, 0.25) is 0 Å². The highest BCUT2D eigenvalue weighted by Crippen LogP contribution is 2.24. The van der Waals surface area contributed by atoms with Gasteiger partial charge < -0.3 is 27.8 Å². The second kappa shape index (κ2) is 5.71. The fourth-order valence-electron chi connectivity index (χ4n) is 1.57. The zero-order valence-electron chi connectivity index (χ0n) is 10.1. The average molecular weight is 265 g/mol. The molecular formula is C11H15N5O3. The molecule has 0 bridgehead atoms. The number of anilines is 2. The molecule has 0 fully saturated rings. The van der Waals surface area contributed by atoms with Crippen molar-refractivity contribution in [1.82, 2.24) is 0 Å². The summed E-state index contributed by atoms with van der Waals surface area (Å²) in [5, 5.41) is 0. The van der Waals surface area contributed by atoms with E-state index >= 15 is 0 Å². The Morgan fingerprint density at radius 3 is 1.95 bits per heavy atom. The van der Waals surface area contributed by atoms with Gasteiger partial charge in [0.15, 0.2) is 0 Å². The van der Waals surface area contributed by atoms with E-state index in [-0.39, 0.29) is 24.3 Å². The molecule has 0 spiro atoms. The maximum absolute atomic E-state index is 11.1. The summed E-state index contributed by atoms with van der Waals surface area (Å²) in [5.74, 6) is -1.98. The molecular weight excluding hydrogens is 250 g/mol. The van der Waals surface area contributed by atoms with E-state index in [0.29, 0.717) is 5.69 Å². The summed E-state index contributed by atoms with van der Waals surface area (Å²) in [6.45, 7) is -0.509. The third-order valence-electron chi connectivity index (χ3n) is 2.35. The van der Waals surface area contributed by atoms with E-state index in [1.807, 2.05) is 0 Å². The summed E-state index contributed by atoms with van der Waals surface area (Å²) in [7, 11) is 0. The van der Waals surface area contributed by atoms with Gasteiger partial charge in [-0.25, -0.2) is 0 Å². The van der Waals surface area contributed by atoms with Gasteiger partial charge in [0.05, 0.1) is 24.5 Å². The Bertz CT molecular complexity index is 513. The maximum Gasteiger partial charge on any atom is 0.248 e. The van der Waals surface area contributed by atoms with E-state index in [1.54, 1.807) is 0 Å². The van der Waals surface area contributed by atoms with Crippen molar-refractivity contribution in [3.63, 3.8) is 0 Å². The van der Waals surface area contributed by atoms with Gasteiger partial charge >= 0.3 is 0 Å². The summed E-state index contributed by atoms with van der Waals surface area (Å²) in [6.07, 6.45) is 0. The lowest BCUT2D eigenvalue weighted by atomic mass is 10.1. The van der Waals surface area contributed by atoms with Gasteiger partial charge in [0.2, 0.25) is 17.7 Å². The lowest BCUT2D eigenvalue weighted by Gasteiger charge is -2.23. The summed E-state index contributed by atoms with van der Waals surface area (Å²) >= 11 is 0. The van der Waals surface area contributed by atoms with Gasteiger partial charge in [-0.1, -0.05) is 0 Å². The molecule has 1 rings (SSSR count). The number of nitrogen functional groups attached to an aromatic ring is 1. The van der Waals surface area contributed by atoms with Crippen LogP contribution in [-0.4, -0.2) is 30.8 Å². The van der Waals surface area contributed by atoms with Crippen LogP contribution in [0.4, 0.5) is 11.4 Å². The van der Waals surface area contributed by atoms with Crippen LogP contribution in [0, 0.1) is 0 Å². The number of nitrogens with zero attached hydrogens (tertiary/aromatic N) is 1. The number of carbonyl (C=O) groups excluding carboxylic acids is 3. The predicted octanol–water partition coefficient (Wildman–Crippen LogP) is -1.86. The molecule has 19 heavy (non-hydrogen) atoms. The molecule has 0 aliphatic carbocycles. The fourth-order valence-corrected chi connectivity index (χ4v) is 1.57. The third-order valence-corrected chi connectivity index (χ3v) is 2.35. The topological polar surface area (TPSA) is 159 Å². The fraction of sp³-hybridized carbons (Fsp3) is 0.182. The Hall–Kier alpha value is -2.77. The second-order valence-corrected chi connectivity index (χ2v) is 3.93. The monoisotopic (exact) mass is 265 g/mol. The highest BCUT2D eigenvalue weighted by atomic mass is 16.2. The summed E-state index contributed by atoms with van der Waals surface area (Å²) < 4.78 is 0. The lowest BCUT2D eigenvalue weighted by Crippen LogP contribution is -2.40. The van der Waals surface area contributed by atoms with Crippen LogP contribution >= 0.6 is 0 Å². The van der Waals surface area contributed by atoms with Gasteiger partial charge in [0, 0.05) is 5.56 Å². The minimum absolute atomic E-state index is 0.197. The average Bonchev–Trinajstić information content (AvgIpc) is 2.27. The van der Waals surface area contributed by atoms with Crippen molar-refractivity contribution in [2.45, 2.75) is 0 Å². The normalized spacial score (nSPS) is 9.89. The standard InChI is InChI=1S/C11H15N5O3/c12-7-2-1-6(11(15)19)3-8(7)16(4-9(13)17)5-10(14)18/h1-3H,4-5,12H2,(H2,13,17)(H2,14,18)(H2,15,19). The Morgan fingerprint density at radius 2 is 1.53 bits per heavy atom. The Labute approximate surface area is 109 Å². The molecule has 102 valence electrons. The molecule has 0 atom stereocenters. The van der Waals surface area contributed by atoms with E-state index in [4.69, 9.17) is 22.9 Å². The van der Waals surface area contributed by atoms with Crippen LogP contribution in [0.3, 0.4) is 0 Å². The van der Waals surface area contributed by atoms with Gasteiger partial charge in [-0.05, 0) is 18.2 Å². The number of amides is 3. The molecule has 0 unspecified atom stereocenters. The largest absolute Gasteiger partial charge is 0.397 e. The second-order valence-electron chi connectivity index (χ2n) is 3.93. The molecule has 0 aromatic heterocycles. The first-order chi connectivity index (χ1) is 8.81. The smallest absolute Gasteiger partial charge is 0.248 e. The zero-order chi connectivity index (χ0) is 14.6. The summed E-state index contributed by atoms with van der Waals surface area (Å²) in [5.41, 5.74) is 21.8. The van der Waals surface area contributed by atoms with Crippen molar-refractivity contribution < 1.29 is 14.4 Å². The van der Waals surface area contributed by atoms with E-state index in [9.17, 15) is 14.4 Å². The minimum Gasteiger partial charge on any atom is -0.397 e. The van der Waals surface area contributed by atoms with Crippen molar-refractivity contribution in [1.29, 1.82) is 0 Å². The van der Waals surface area contributed by atoms with Gasteiger partial charge in [0.25, 0.3) is 0 Å². The third kappa shape index (κ3) is 3.87. The van der Waals surface area contributed by atoms with Crippen LogP contribution in [0.25, 0.3) is 0 Å². The highest BCUT2D eigenvalue weighted by molar-refractivity contribution is 5.96. The molecule has 0 aliphatic rings. The number of benzene rings is 1. The number of hydrogen-bond acceptors (Lipinski definition) is 5. The van der Waals surface area contributed by atoms with Crippen molar-refractivity contribution in [2.24, 2.45) is 17.2 Å². The van der Waals surface area contributed by atoms with E-state index < -0.39 is 17.7 Å². The molecule has 8 heteroatoms. The van der Waals surface area contributed by atoms with Crippen molar-refractivity contribution in [2.75, 3.05) is 23.7 Å². The summed E-state index contributed by atoms with van der Waals surface area (Å²) in [6, 6.07) is 4.27. The van der Waals surface area contributed by atoms with Crippen LogP contribution in [-0.2, 0) is 9.59 Å². The Balaban J connectivity index is 3.19. The molecule has 0 saturated carbocycles. The lowest BCUT2D eigenvalue weighted by molar-refractivity contribution is -0.117. The first-order valence-electron chi connectivity index (χ1n) is 5.32. The first kappa shape index (κ1) is 14.3. The van der Waals surface area contributed by atoms with E-state index in [2.05, 4.69) is 0 Å². The molecule has 3 amide bonds. The molecule has 0 radical (unpaired) electrons. The van der Waals surface area contributed by atoms with E-state index in [0.717, 1.165) is 0 Å². The molecule has 1 aromatic carbocycles. The molecule has 8 nitrogen and oxygen atoms in total. The zero-order valence-corrected chi connectivity index (χ0v) is 10.1. The molecule has 0 heterocycles. The SMILES string of the molecule is NC(=O)CN(CC(N)=O)c1cc(C(N)=O)ccc1N. The number of primary amides is 3. The Morgan fingerprint density at radius 1 is 1.00 bits per heavy atom. The number of carbonyl (C=O) groups is 3. The van der Waals surface area contributed by atoms with Crippen LogP contribution in [0.15, 0.2) is 18.2 Å². The van der Waals surface area contributed by atoms with Crippen LogP contribution in [0.1, 0.15) is 10.4 Å². The summed E-state index contributed by atoms with van der Waals surface area (Å²) in [4.78, 5) is 34.4. The molecule has 8 N–H and O–H groups in total. The molecule has 0 aliphatic heterocycles. The maximum atomic E-state index is 11.1. The van der Waals surface area contributed by atoms with Gasteiger partial charge in [-0.2, -0.15) is 0 Å². The first-order valence-corrected chi connectivity index (χ1v) is 5.32. The minimum atomic E-state index is -0.662. The van der Waals surface area contributed by atoms with Crippen LogP contribution in [0.5, 0.6) is 0 Å². The van der Waals surface area contributed by atoms with Gasteiger partial charge in [-0.15, -0.1) is 0 Å². The van der Waals surface area contributed by atoms with Crippen molar-refractivity contribution in [3.05, 3.63) is 23.8 Å². The Kier molecular flexibility index (Phi) is 4.30. The molecule has 1 aromatic rings. The predicted molar refractivity (Wildman–Crippen MR) is 70.0 cm³/mol.